The van der Waals surface area contributed by atoms with Gasteiger partial charge in [-0.3, -0.25) is 14.7 Å². The molecule has 26 heavy (non-hydrogen) atoms. The van der Waals surface area contributed by atoms with Crippen molar-refractivity contribution in [3.63, 3.8) is 0 Å². The largest absolute Gasteiger partial charge is 0.380 e. The van der Waals surface area contributed by atoms with E-state index in [9.17, 15) is 4.79 Å². The van der Waals surface area contributed by atoms with Crippen LogP contribution in [0.3, 0.4) is 0 Å². The van der Waals surface area contributed by atoms with Gasteiger partial charge in [0.1, 0.15) is 0 Å². The Morgan fingerprint density at radius 1 is 1.15 bits per heavy atom. The van der Waals surface area contributed by atoms with Crippen molar-refractivity contribution in [2.45, 2.75) is 19.4 Å². The fourth-order valence-electron chi connectivity index (χ4n) is 4.43. The molecule has 2 saturated heterocycles. The Morgan fingerprint density at radius 3 is 2.85 bits per heavy atom. The number of benzene rings is 1. The second-order valence-corrected chi connectivity index (χ2v) is 7.87. The SMILES string of the molecule is O=C1c2ccccc2CCN1c1cncc(CN2CCC3(COC3)C2)c1. The molecule has 5 heteroatoms. The number of fused-ring (bicyclic) bond motifs is 1. The molecule has 1 aromatic carbocycles. The summed E-state index contributed by atoms with van der Waals surface area (Å²) in [6, 6.07) is 10.0. The number of carbonyl (C=O) groups excluding carboxylic acids is 1. The average Bonchev–Trinajstić information content (AvgIpc) is 3.07. The van der Waals surface area contributed by atoms with E-state index in [0.717, 1.165) is 56.1 Å². The first kappa shape index (κ1) is 16.0. The molecule has 1 spiro atoms. The zero-order valence-electron chi connectivity index (χ0n) is 14.9. The van der Waals surface area contributed by atoms with Gasteiger partial charge >= 0.3 is 0 Å². The van der Waals surface area contributed by atoms with Crippen LogP contribution in [0.1, 0.15) is 27.9 Å². The summed E-state index contributed by atoms with van der Waals surface area (Å²) in [6.07, 6.45) is 5.84. The number of ether oxygens (including phenoxy) is 1. The lowest BCUT2D eigenvalue weighted by molar-refractivity contribution is -0.105. The number of rotatable bonds is 3. The van der Waals surface area contributed by atoms with Crippen molar-refractivity contribution in [2.75, 3.05) is 37.7 Å². The van der Waals surface area contributed by atoms with E-state index in [4.69, 9.17) is 4.74 Å². The normalized spacial score (nSPS) is 21.7. The van der Waals surface area contributed by atoms with Crippen LogP contribution in [0.2, 0.25) is 0 Å². The third-order valence-corrected chi connectivity index (χ3v) is 5.93. The van der Waals surface area contributed by atoms with E-state index in [1.54, 1.807) is 6.20 Å². The first-order chi connectivity index (χ1) is 12.7. The molecular formula is C21H23N3O2. The van der Waals surface area contributed by atoms with Gasteiger partial charge in [-0.2, -0.15) is 0 Å². The number of pyridine rings is 1. The van der Waals surface area contributed by atoms with E-state index in [1.165, 1.54) is 12.0 Å². The van der Waals surface area contributed by atoms with Crippen molar-refractivity contribution >= 4 is 11.6 Å². The summed E-state index contributed by atoms with van der Waals surface area (Å²) in [5.74, 6) is 0.0811. The predicted molar refractivity (Wildman–Crippen MR) is 99.2 cm³/mol. The Balaban J connectivity index is 1.33. The Bertz CT molecular complexity index is 847. The predicted octanol–water partition coefficient (Wildman–Crippen LogP) is 2.51. The zero-order valence-corrected chi connectivity index (χ0v) is 14.9. The molecule has 2 aromatic rings. The summed E-state index contributed by atoms with van der Waals surface area (Å²) in [6.45, 7) is 5.64. The van der Waals surface area contributed by atoms with Crippen molar-refractivity contribution in [2.24, 2.45) is 5.41 Å². The molecule has 0 aliphatic carbocycles. The number of hydrogen-bond donors (Lipinski definition) is 0. The Kier molecular flexibility index (Phi) is 3.80. The van der Waals surface area contributed by atoms with Crippen molar-refractivity contribution in [1.29, 1.82) is 0 Å². The third kappa shape index (κ3) is 2.72. The Hall–Kier alpha value is -2.24. The second-order valence-electron chi connectivity index (χ2n) is 7.87. The van der Waals surface area contributed by atoms with Gasteiger partial charge in [0, 0.05) is 36.8 Å². The smallest absolute Gasteiger partial charge is 0.258 e. The molecular weight excluding hydrogens is 326 g/mol. The lowest BCUT2D eigenvalue weighted by Gasteiger charge is -2.37. The van der Waals surface area contributed by atoms with Gasteiger partial charge in [0.25, 0.3) is 5.91 Å². The van der Waals surface area contributed by atoms with Gasteiger partial charge in [-0.1, -0.05) is 18.2 Å². The molecule has 0 radical (unpaired) electrons. The Labute approximate surface area is 153 Å². The summed E-state index contributed by atoms with van der Waals surface area (Å²) in [5, 5.41) is 0. The summed E-state index contributed by atoms with van der Waals surface area (Å²) in [7, 11) is 0. The molecule has 2 fully saturated rings. The van der Waals surface area contributed by atoms with Gasteiger partial charge in [-0.25, -0.2) is 0 Å². The number of aromatic nitrogens is 1. The number of anilines is 1. The molecule has 0 unspecified atom stereocenters. The van der Waals surface area contributed by atoms with Gasteiger partial charge in [0.2, 0.25) is 0 Å². The van der Waals surface area contributed by atoms with E-state index >= 15 is 0 Å². The van der Waals surface area contributed by atoms with E-state index in [-0.39, 0.29) is 5.91 Å². The van der Waals surface area contributed by atoms with Crippen LogP contribution in [-0.2, 0) is 17.7 Å². The average molecular weight is 349 g/mol. The van der Waals surface area contributed by atoms with Gasteiger partial charge in [-0.15, -0.1) is 0 Å². The van der Waals surface area contributed by atoms with Crippen LogP contribution in [-0.4, -0.2) is 48.6 Å². The molecule has 0 atom stereocenters. The minimum absolute atomic E-state index is 0.0811. The van der Waals surface area contributed by atoms with E-state index in [2.05, 4.69) is 16.0 Å². The highest BCUT2D eigenvalue weighted by atomic mass is 16.5. The van der Waals surface area contributed by atoms with E-state index < -0.39 is 0 Å². The number of amides is 1. The fourth-order valence-corrected chi connectivity index (χ4v) is 4.43. The summed E-state index contributed by atoms with van der Waals surface area (Å²) >= 11 is 0. The van der Waals surface area contributed by atoms with E-state index in [1.807, 2.05) is 35.4 Å². The van der Waals surface area contributed by atoms with Crippen LogP contribution in [0.4, 0.5) is 5.69 Å². The minimum atomic E-state index is 0.0811. The minimum Gasteiger partial charge on any atom is -0.380 e. The maximum Gasteiger partial charge on any atom is 0.258 e. The highest BCUT2D eigenvalue weighted by Gasteiger charge is 2.44. The first-order valence-electron chi connectivity index (χ1n) is 9.36. The molecule has 0 N–H and O–H groups in total. The molecule has 0 saturated carbocycles. The number of nitrogens with zero attached hydrogens (tertiary/aromatic N) is 3. The molecule has 3 aliphatic heterocycles. The molecule has 3 aliphatic rings. The molecule has 5 nitrogen and oxygen atoms in total. The number of carbonyl (C=O) groups is 1. The molecule has 134 valence electrons. The third-order valence-electron chi connectivity index (χ3n) is 5.93. The quantitative estimate of drug-likeness (QED) is 0.854. The monoisotopic (exact) mass is 349 g/mol. The maximum absolute atomic E-state index is 12.9. The zero-order chi connectivity index (χ0) is 17.6. The number of likely N-dealkylation sites (tertiary alicyclic amines) is 1. The standard InChI is InChI=1S/C21H23N3O2/c25-20-19-4-2-1-3-17(19)5-7-24(20)18-9-16(10-22-11-18)12-23-8-6-21(13-23)14-26-15-21/h1-4,9-11H,5-8,12-15H2. The van der Waals surface area contributed by atoms with Crippen LogP contribution in [0.25, 0.3) is 0 Å². The molecule has 5 rings (SSSR count). The van der Waals surface area contributed by atoms with Crippen LogP contribution < -0.4 is 4.90 Å². The van der Waals surface area contributed by atoms with Crippen molar-refractivity contribution in [1.82, 2.24) is 9.88 Å². The van der Waals surface area contributed by atoms with Crippen molar-refractivity contribution in [3.05, 3.63) is 59.4 Å². The summed E-state index contributed by atoms with van der Waals surface area (Å²) < 4.78 is 5.41. The van der Waals surface area contributed by atoms with E-state index in [0.29, 0.717) is 12.0 Å². The molecule has 1 amide bonds. The van der Waals surface area contributed by atoms with Crippen LogP contribution in [0, 0.1) is 5.41 Å². The second kappa shape index (κ2) is 6.18. The summed E-state index contributed by atoms with van der Waals surface area (Å²) in [5.41, 5.74) is 4.44. The van der Waals surface area contributed by atoms with Crippen molar-refractivity contribution < 1.29 is 9.53 Å². The highest BCUT2D eigenvalue weighted by Crippen LogP contribution is 2.38. The molecule has 1 aromatic heterocycles. The fraction of sp³-hybridized carbons (Fsp3) is 0.429. The van der Waals surface area contributed by atoms with Crippen LogP contribution in [0.15, 0.2) is 42.7 Å². The van der Waals surface area contributed by atoms with Gasteiger partial charge in [0.15, 0.2) is 0 Å². The van der Waals surface area contributed by atoms with Crippen molar-refractivity contribution in [3.8, 4) is 0 Å². The number of hydrogen-bond acceptors (Lipinski definition) is 4. The first-order valence-corrected chi connectivity index (χ1v) is 9.36. The van der Waals surface area contributed by atoms with Gasteiger partial charge in [0.05, 0.1) is 25.1 Å². The topological polar surface area (TPSA) is 45.7 Å². The maximum atomic E-state index is 12.9. The summed E-state index contributed by atoms with van der Waals surface area (Å²) in [4.78, 5) is 21.6. The highest BCUT2D eigenvalue weighted by molar-refractivity contribution is 6.08. The molecule has 4 heterocycles. The van der Waals surface area contributed by atoms with Gasteiger partial charge in [-0.05, 0) is 42.6 Å². The Morgan fingerprint density at radius 2 is 2.04 bits per heavy atom. The lowest BCUT2D eigenvalue weighted by atomic mass is 9.85. The van der Waals surface area contributed by atoms with Crippen LogP contribution >= 0.6 is 0 Å². The van der Waals surface area contributed by atoms with Gasteiger partial charge < -0.3 is 9.64 Å². The lowest BCUT2D eigenvalue weighted by Crippen LogP contribution is -2.44. The van der Waals surface area contributed by atoms with Crippen LogP contribution in [0.5, 0.6) is 0 Å². The molecule has 0 bridgehead atoms.